The highest BCUT2D eigenvalue weighted by atomic mass is 35.5. The first-order valence-corrected chi connectivity index (χ1v) is 6.59. The van der Waals surface area contributed by atoms with Gasteiger partial charge in [0.2, 0.25) is 11.8 Å². The molecule has 0 saturated heterocycles. The van der Waals surface area contributed by atoms with Crippen molar-refractivity contribution in [2.75, 3.05) is 11.1 Å². The average Bonchev–Trinajstić information content (AvgIpc) is 2.77. The summed E-state index contributed by atoms with van der Waals surface area (Å²) in [5.74, 6) is -0.261. The summed E-state index contributed by atoms with van der Waals surface area (Å²) in [6.07, 6.45) is 0. The van der Waals surface area contributed by atoms with Crippen LogP contribution in [-0.2, 0) is 4.79 Å². The number of halogens is 2. The quantitative estimate of drug-likeness (QED) is 0.879. The molecule has 0 fully saturated rings. The van der Waals surface area contributed by atoms with E-state index in [1.54, 1.807) is 6.92 Å². The zero-order valence-corrected chi connectivity index (χ0v) is 11.4. The lowest BCUT2D eigenvalue weighted by Crippen LogP contribution is -2.14. The Labute approximate surface area is 117 Å². The number of nitrogens with zero attached hydrogens (tertiary/aromatic N) is 2. The minimum absolute atomic E-state index is 0.0435. The first kappa shape index (κ1) is 13.8. The van der Waals surface area contributed by atoms with Crippen LogP contribution in [-0.4, -0.2) is 21.9 Å². The van der Waals surface area contributed by atoms with Crippen LogP contribution < -0.4 is 5.32 Å². The first-order valence-electron chi connectivity index (χ1n) is 5.22. The van der Waals surface area contributed by atoms with E-state index in [1.807, 2.05) is 0 Å². The molecule has 1 N–H and O–H groups in total. The standard InChI is InChI=1S/C11H9ClFN3O2S/c1-6-15-16-11(18-6)19-5-10(17)14-7-2-3-9(13)8(12)4-7/h2-4H,5H2,1H3,(H,14,17). The Morgan fingerprint density at radius 2 is 2.32 bits per heavy atom. The van der Waals surface area contributed by atoms with Gasteiger partial charge in [-0.05, 0) is 18.2 Å². The molecule has 8 heteroatoms. The number of thioether (sulfide) groups is 1. The van der Waals surface area contributed by atoms with Crippen molar-refractivity contribution in [3.8, 4) is 0 Å². The molecule has 1 aromatic heterocycles. The number of amides is 1. The van der Waals surface area contributed by atoms with Crippen LogP contribution in [0.3, 0.4) is 0 Å². The van der Waals surface area contributed by atoms with Gasteiger partial charge in [-0.25, -0.2) is 4.39 Å². The van der Waals surface area contributed by atoms with Gasteiger partial charge in [-0.3, -0.25) is 4.79 Å². The molecule has 0 radical (unpaired) electrons. The van der Waals surface area contributed by atoms with Crippen LogP contribution in [0, 0.1) is 12.7 Å². The molecule has 19 heavy (non-hydrogen) atoms. The Balaban J connectivity index is 1.88. The molecule has 5 nitrogen and oxygen atoms in total. The second-order valence-corrected chi connectivity index (χ2v) is 4.89. The van der Waals surface area contributed by atoms with Crippen LogP contribution in [0.25, 0.3) is 0 Å². The van der Waals surface area contributed by atoms with Crippen LogP contribution in [0.1, 0.15) is 5.89 Å². The Bertz CT molecular complexity index is 605. The molecule has 0 unspecified atom stereocenters. The SMILES string of the molecule is Cc1nnc(SCC(=O)Nc2ccc(F)c(Cl)c2)o1. The second-order valence-electron chi connectivity index (χ2n) is 3.55. The maximum atomic E-state index is 12.9. The number of hydrogen-bond donors (Lipinski definition) is 1. The van der Waals surface area contributed by atoms with Gasteiger partial charge in [-0.1, -0.05) is 23.4 Å². The number of benzene rings is 1. The summed E-state index contributed by atoms with van der Waals surface area (Å²) >= 11 is 6.72. The van der Waals surface area contributed by atoms with Crippen molar-refractivity contribution in [3.63, 3.8) is 0 Å². The summed E-state index contributed by atoms with van der Waals surface area (Å²) in [5.41, 5.74) is 0.429. The Morgan fingerprint density at radius 3 is 2.95 bits per heavy atom. The van der Waals surface area contributed by atoms with Gasteiger partial charge in [0.05, 0.1) is 10.8 Å². The van der Waals surface area contributed by atoms with Crippen molar-refractivity contribution in [1.82, 2.24) is 10.2 Å². The van der Waals surface area contributed by atoms with Gasteiger partial charge in [0.25, 0.3) is 5.22 Å². The van der Waals surface area contributed by atoms with E-state index in [1.165, 1.54) is 18.2 Å². The van der Waals surface area contributed by atoms with Gasteiger partial charge < -0.3 is 9.73 Å². The Kier molecular flexibility index (Phi) is 4.39. The summed E-state index contributed by atoms with van der Waals surface area (Å²) in [6.45, 7) is 1.66. The monoisotopic (exact) mass is 301 g/mol. The first-order chi connectivity index (χ1) is 9.04. The molecule has 1 aromatic carbocycles. The van der Waals surface area contributed by atoms with E-state index in [0.717, 1.165) is 11.8 Å². The van der Waals surface area contributed by atoms with Gasteiger partial charge in [0, 0.05) is 12.6 Å². The molecule has 0 aliphatic carbocycles. The molecule has 2 rings (SSSR count). The number of carbonyl (C=O) groups excluding carboxylic acids is 1. The van der Waals surface area contributed by atoms with E-state index in [9.17, 15) is 9.18 Å². The third-order valence-electron chi connectivity index (χ3n) is 2.04. The number of hydrogen-bond acceptors (Lipinski definition) is 5. The van der Waals surface area contributed by atoms with Crippen LogP contribution in [0.2, 0.25) is 5.02 Å². The molecule has 2 aromatic rings. The van der Waals surface area contributed by atoms with E-state index >= 15 is 0 Å². The highest BCUT2D eigenvalue weighted by Crippen LogP contribution is 2.20. The maximum absolute atomic E-state index is 12.9. The molecule has 0 aliphatic heterocycles. The largest absolute Gasteiger partial charge is 0.416 e. The molecule has 0 aliphatic rings. The summed E-state index contributed by atoms with van der Waals surface area (Å²) in [5, 5.41) is 10.3. The predicted octanol–water partition coefficient (Wildman–Crippen LogP) is 2.90. The topological polar surface area (TPSA) is 68.0 Å². The fourth-order valence-electron chi connectivity index (χ4n) is 1.23. The number of aryl methyl sites for hydroxylation is 1. The van der Waals surface area contributed by atoms with Crippen molar-refractivity contribution in [1.29, 1.82) is 0 Å². The van der Waals surface area contributed by atoms with Crippen LogP contribution >= 0.6 is 23.4 Å². The molecular weight excluding hydrogens is 293 g/mol. The van der Waals surface area contributed by atoms with E-state index < -0.39 is 5.82 Å². The van der Waals surface area contributed by atoms with Crippen molar-refractivity contribution >= 4 is 35.0 Å². The number of nitrogens with one attached hydrogen (secondary N) is 1. The molecule has 0 spiro atoms. The number of rotatable bonds is 4. The van der Waals surface area contributed by atoms with Gasteiger partial charge in [-0.15, -0.1) is 10.2 Å². The van der Waals surface area contributed by atoms with Crippen LogP contribution in [0.15, 0.2) is 27.8 Å². The predicted molar refractivity (Wildman–Crippen MR) is 69.8 cm³/mol. The zero-order chi connectivity index (χ0) is 13.8. The molecule has 1 heterocycles. The highest BCUT2D eigenvalue weighted by molar-refractivity contribution is 7.99. The third kappa shape index (κ3) is 3.93. The van der Waals surface area contributed by atoms with Gasteiger partial charge in [0.1, 0.15) is 5.82 Å². The van der Waals surface area contributed by atoms with E-state index in [0.29, 0.717) is 16.8 Å². The van der Waals surface area contributed by atoms with Crippen molar-refractivity contribution in [3.05, 3.63) is 34.9 Å². The summed E-state index contributed by atoms with van der Waals surface area (Å²) in [6, 6.07) is 3.96. The van der Waals surface area contributed by atoms with E-state index in [-0.39, 0.29) is 16.7 Å². The number of carbonyl (C=O) groups is 1. The van der Waals surface area contributed by atoms with Gasteiger partial charge >= 0.3 is 0 Å². The van der Waals surface area contributed by atoms with Gasteiger partial charge in [-0.2, -0.15) is 0 Å². The van der Waals surface area contributed by atoms with Crippen molar-refractivity contribution < 1.29 is 13.6 Å². The normalized spacial score (nSPS) is 10.5. The smallest absolute Gasteiger partial charge is 0.277 e. The molecular formula is C11H9ClFN3O2S. The third-order valence-corrected chi connectivity index (χ3v) is 3.15. The van der Waals surface area contributed by atoms with Crippen LogP contribution in [0.4, 0.5) is 10.1 Å². The molecule has 1 amide bonds. The minimum atomic E-state index is -0.532. The fraction of sp³-hybridized carbons (Fsp3) is 0.182. The number of aromatic nitrogens is 2. The lowest BCUT2D eigenvalue weighted by Gasteiger charge is -2.04. The Hall–Kier alpha value is -1.60. The summed E-state index contributed by atoms with van der Waals surface area (Å²) in [7, 11) is 0. The van der Waals surface area contributed by atoms with E-state index in [4.69, 9.17) is 16.0 Å². The van der Waals surface area contributed by atoms with Gasteiger partial charge in [0.15, 0.2) is 0 Å². The maximum Gasteiger partial charge on any atom is 0.277 e. The lowest BCUT2D eigenvalue weighted by molar-refractivity contribution is -0.113. The van der Waals surface area contributed by atoms with Crippen LogP contribution in [0.5, 0.6) is 0 Å². The second kappa shape index (κ2) is 6.03. The molecule has 0 bridgehead atoms. The summed E-state index contributed by atoms with van der Waals surface area (Å²) in [4.78, 5) is 11.6. The zero-order valence-electron chi connectivity index (χ0n) is 9.81. The summed E-state index contributed by atoms with van der Waals surface area (Å²) < 4.78 is 18.0. The fourth-order valence-corrected chi connectivity index (χ4v) is 2.02. The molecule has 0 saturated carbocycles. The average molecular weight is 302 g/mol. The van der Waals surface area contributed by atoms with Crippen molar-refractivity contribution in [2.24, 2.45) is 0 Å². The number of anilines is 1. The molecule has 0 atom stereocenters. The van der Waals surface area contributed by atoms with E-state index in [2.05, 4.69) is 15.5 Å². The molecule has 100 valence electrons. The van der Waals surface area contributed by atoms with Crippen molar-refractivity contribution in [2.45, 2.75) is 12.1 Å². The lowest BCUT2D eigenvalue weighted by atomic mass is 10.3. The Morgan fingerprint density at radius 1 is 1.53 bits per heavy atom. The highest BCUT2D eigenvalue weighted by Gasteiger charge is 2.09. The minimum Gasteiger partial charge on any atom is -0.416 e.